The lowest BCUT2D eigenvalue weighted by Crippen LogP contribution is -1.82. The van der Waals surface area contributed by atoms with E-state index in [4.69, 9.17) is 0 Å². The highest BCUT2D eigenvalue weighted by Crippen LogP contribution is 1.86. The van der Waals surface area contributed by atoms with Crippen LogP contribution in [0.2, 0.25) is 0 Å². The molecule has 0 saturated carbocycles. The smallest absolute Gasteiger partial charge is 0 e. The Bertz CT molecular complexity index is 138. The van der Waals surface area contributed by atoms with E-state index in [2.05, 4.69) is 9.24 Å². The molecule has 1 rings (SSSR count). The fourth-order valence-corrected chi connectivity index (χ4v) is 0.675. The van der Waals surface area contributed by atoms with Gasteiger partial charge in [0.1, 0.15) is 0 Å². The fourth-order valence-electron chi connectivity index (χ4n) is 0.453. The van der Waals surface area contributed by atoms with Gasteiger partial charge in [0.25, 0.3) is 0 Å². The molecule has 39 valence electrons. The second kappa shape index (κ2) is 4.10. The molecule has 0 aliphatic carbocycles. The predicted molar refractivity (Wildman–Crippen MR) is 41.5 cm³/mol. The summed E-state index contributed by atoms with van der Waals surface area (Å²) in [7, 11) is 2.63. The Hall–Kier alpha value is 0.182. The standard InChI is InChI=1S/C6H7P.Al/c7-6-4-2-1-3-5-6;/h1-5H,7H2;. The molecule has 0 nitrogen and oxygen atoms in total. The molecule has 8 heavy (non-hydrogen) atoms. The van der Waals surface area contributed by atoms with Crippen molar-refractivity contribution >= 4 is 31.9 Å². The van der Waals surface area contributed by atoms with E-state index in [1.807, 2.05) is 30.3 Å². The summed E-state index contributed by atoms with van der Waals surface area (Å²) >= 11 is 0. The summed E-state index contributed by atoms with van der Waals surface area (Å²) in [5.74, 6) is 0. The van der Waals surface area contributed by atoms with Crippen LogP contribution >= 0.6 is 9.24 Å². The Morgan fingerprint density at radius 1 is 1.00 bits per heavy atom. The predicted octanol–water partition coefficient (Wildman–Crippen LogP) is 0.806. The lowest BCUT2D eigenvalue weighted by molar-refractivity contribution is 1.78. The van der Waals surface area contributed by atoms with E-state index >= 15 is 0 Å². The molecule has 0 aliphatic heterocycles. The van der Waals surface area contributed by atoms with Crippen LogP contribution in [0.4, 0.5) is 0 Å². The molecule has 1 aromatic rings. The van der Waals surface area contributed by atoms with Crippen LogP contribution in [0.25, 0.3) is 0 Å². The van der Waals surface area contributed by atoms with Gasteiger partial charge in [-0.3, -0.25) is 0 Å². The quantitative estimate of drug-likeness (QED) is 0.366. The Morgan fingerprint density at radius 2 is 1.50 bits per heavy atom. The van der Waals surface area contributed by atoms with E-state index in [-0.39, 0.29) is 17.4 Å². The molecule has 0 aliphatic rings. The molecule has 0 aromatic heterocycles. The van der Waals surface area contributed by atoms with Crippen molar-refractivity contribution in [3.63, 3.8) is 0 Å². The molecule has 0 bridgehead atoms. The summed E-state index contributed by atoms with van der Waals surface area (Å²) in [4.78, 5) is 0. The fraction of sp³-hybridized carbons (Fsp3) is 0. The first-order valence-corrected chi connectivity index (χ1v) is 2.78. The molecule has 0 amide bonds. The molecule has 0 heterocycles. The van der Waals surface area contributed by atoms with Crippen molar-refractivity contribution in [3.8, 4) is 0 Å². The molecular weight excluding hydrogens is 130 g/mol. The molecule has 0 fully saturated rings. The summed E-state index contributed by atoms with van der Waals surface area (Å²) in [6.45, 7) is 0. The van der Waals surface area contributed by atoms with E-state index in [1.54, 1.807) is 0 Å². The minimum atomic E-state index is 0. The summed E-state index contributed by atoms with van der Waals surface area (Å²) in [5, 5.41) is 1.24. The molecule has 1 unspecified atom stereocenters. The normalized spacial score (nSPS) is 7.62. The maximum atomic E-state index is 2.63. The Morgan fingerprint density at radius 3 is 1.75 bits per heavy atom. The average Bonchev–Trinajstić information content (AvgIpc) is 1.69. The average molecular weight is 137 g/mol. The van der Waals surface area contributed by atoms with Crippen LogP contribution in [0.1, 0.15) is 0 Å². The minimum Gasteiger partial charge on any atom is -0.106 e. The van der Waals surface area contributed by atoms with Crippen LogP contribution in [0.5, 0.6) is 0 Å². The van der Waals surface area contributed by atoms with E-state index in [1.165, 1.54) is 5.30 Å². The topological polar surface area (TPSA) is 0 Å². The molecule has 2 heteroatoms. The number of benzene rings is 1. The molecule has 3 radical (unpaired) electrons. The molecule has 0 N–H and O–H groups in total. The van der Waals surface area contributed by atoms with Gasteiger partial charge in [-0.25, -0.2) is 0 Å². The largest absolute Gasteiger partial charge is 0.106 e. The molecule has 0 saturated heterocycles. The van der Waals surface area contributed by atoms with Crippen molar-refractivity contribution in [2.45, 2.75) is 0 Å². The second-order valence-electron chi connectivity index (χ2n) is 1.41. The van der Waals surface area contributed by atoms with E-state index in [9.17, 15) is 0 Å². The molecule has 1 aromatic carbocycles. The summed E-state index contributed by atoms with van der Waals surface area (Å²) in [6.07, 6.45) is 0. The van der Waals surface area contributed by atoms with Crippen molar-refractivity contribution < 1.29 is 0 Å². The molecule has 1 atom stereocenters. The Labute approximate surface area is 62.6 Å². The molecular formula is C6H7AlP. The summed E-state index contributed by atoms with van der Waals surface area (Å²) in [6, 6.07) is 10.1. The number of hydrogen-bond acceptors (Lipinski definition) is 0. The van der Waals surface area contributed by atoms with Crippen LogP contribution in [0.3, 0.4) is 0 Å². The van der Waals surface area contributed by atoms with E-state index < -0.39 is 0 Å². The van der Waals surface area contributed by atoms with E-state index in [0.29, 0.717) is 0 Å². The highest BCUT2D eigenvalue weighted by molar-refractivity contribution is 7.27. The Kier molecular flexibility index (Phi) is 4.19. The minimum absolute atomic E-state index is 0. The van der Waals surface area contributed by atoms with Crippen LogP contribution in [0.15, 0.2) is 30.3 Å². The maximum absolute atomic E-state index is 2.63. The third-order valence-corrected chi connectivity index (χ3v) is 1.18. The van der Waals surface area contributed by atoms with Gasteiger partial charge in [-0.2, -0.15) is 0 Å². The summed E-state index contributed by atoms with van der Waals surface area (Å²) < 4.78 is 0. The first-order chi connectivity index (χ1) is 3.39. The van der Waals surface area contributed by atoms with Gasteiger partial charge in [-0.1, -0.05) is 30.3 Å². The van der Waals surface area contributed by atoms with Crippen LogP contribution < -0.4 is 5.30 Å². The van der Waals surface area contributed by atoms with Crippen molar-refractivity contribution in [1.29, 1.82) is 0 Å². The highest BCUT2D eigenvalue weighted by atomic mass is 31.0. The van der Waals surface area contributed by atoms with Crippen molar-refractivity contribution in [3.05, 3.63) is 30.3 Å². The number of hydrogen-bond donors (Lipinski definition) is 0. The van der Waals surface area contributed by atoms with Gasteiger partial charge in [-0.05, 0) is 5.30 Å². The van der Waals surface area contributed by atoms with Crippen LogP contribution in [0, 0.1) is 0 Å². The first-order valence-electron chi connectivity index (χ1n) is 2.20. The zero-order chi connectivity index (χ0) is 5.11. The zero-order valence-corrected chi connectivity index (χ0v) is 6.85. The highest BCUT2D eigenvalue weighted by Gasteiger charge is 1.72. The van der Waals surface area contributed by atoms with Gasteiger partial charge in [0.15, 0.2) is 0 Å². The lowest BCUT2D eigenvalue weighted by atomic mass is 10.4. The third-order valence-electron chi connectivity index (χ3n) is 0.800. The van der Waals surface area contributed by atoms with Gasteiger partial charge < -0.3 is 0 Å². The zero-order valence-electron chi connectivity index (χ0n) is 4.54. The molecule has 0 spiro atoms. The summed E-state index contributed by atoms with van der Waals surface area (Å²) in [5.41, 5.74) is 0. The van der Waals surface area contributed by atoms with Gasteiger partial charge >= 0.3 is 0 Å². The second-order valence-corrected chi connectivity index (χ2v) is 2.08. The van der Waals surface area contributed by atoms with E-state index in [0.717, 1.165) is 0 Å². The van der Waals surface area contributed by atoms with Crippen LogP contribution in [-0.4, -0.2) is 17.4 Å². The van der Waals surface area contributed by atoms with Gasteiger partial charge in [0.05, 0.1) is 0 Å². The maximum Gasteiger partial charge on any atom is 0 e. The van der Waals surface area contributed by atoms with Crippen molar-refractivity contribution in [2.24, 2.45) is 0 Å². The number of rotatable bonds is 0. The Balaban J connectivity index is 0.000000490. The van der Waals surface area contributed by atoms with Crippen LogP contribution in [-0.2, 0) is 0 Å². The monoisotopic (exact) mass is 137 g/mol. The van der Waals surface area contributed by atoms with Crippen molar-refractivity contribution in [2.75, 3.05) is 0 Å². The van der Waals surface area contributed by atoms with Gasteiger partial charge in [0.2, 0.25) is 0 Å². The lowest BCUT2D eigenvalue weighted by Gasteiger charge is -1.82. The van der Waals surface area contributed by atoms with Crippen molar-refractivity contribution in [1.82, 2.24) is 0 Å². The third kappa shape index (κ3) is 2.48. The SMILES string of the molecule is Pc1ccccc1.[Al]. The van der Waals surface area contributed by atoms with Gasteiger partial charge in [0, 0.05) is 17.4 Å². The van der Waals surface area contributed by atoms with Gasteiger partial charge in [-0.15, -0.1) is 9.24 Å². The first kappa shape index (κ1) is 8.18.